The first-order valence-corrected chi connectivity index (χ1v) is 11.2. The Balaban J connectivity index is 1.78. The van der Waals surface area contributed by atoms with Crippen LogP contribution < -0.4 is 4.74 Å². The number of carboxylic acids is 1. The van der Waals surface area contributed by atoms with Crippen LogP contribution in [0.1, 0.15) is 16.7 Å². The van der Waals surface area contributed by atoms with E-state index >= 15 is 0 Å². The third-order valence-corrected chi connectivity index (χ3v) is 6.33. The van der Waals surface area contributed by atoms with Crippen LogP contribution in [0.3, 0.4) is 0 Å². The van der Waals surface area contributed by atoms with E-state index in [1.165, 1.54) is 20.3 Å². The topological polar surface area (TPSA) is 46.5 Å². The normalized spacial score (nSPS) is 11.3. The molecular formula is C24H21IO3S. The predicted octanol–water partition coefficient (Wildman–Crippen LogP) is 6.29. The van der Waals surface area contributed by atoms with Gasteiger partial charge in [0.05, 0.1) is 0 Å². The second-order valence-electron chi connectivity index (χ2n) is 6.38. The fourth-order valence-corrected chi connectivity index (χ4v) is 4.47. The van der Waals surface area contributed by atoms with Gasteiger partial charge in [-0.1, -0.05) is 54.6 Å². The number of carbonyl (C=O) groups is 1. The predicted molar refractivity (Wildman–Crippen MR) is 128 cm³/mol. The van der Waals surface area contributed by atoms with Crippen molar-refractivity contribution in [3.8, 4) is 5.75 Å². The summed E-state index contributed by atoms with van der Waals surface area (Å²) in [6, 6.07) is 24.5. The molecule has 0 radical (unpaired) electrons. The van der Waals surface area contributed by atoms with Gasteiger partial charge in [0.25, 0.3) is 0 Å². The van der Waals surface area contributed by atoms with Gasteiger partial charge in [-0.15, -0.1) is 11.8 Å². The Morgan fingerprint density at radius 3 is 2.48 bits per heavy atom. The Labute approximate surface area is 188 Å². The standard InChI is InChI=1S/C24H21IO3S/c1-17-15-19(28-16-24(26)27)11-12-23(17)29-14-13-20(18-7-3-2-4-8-18)21-9-5-6-10-22(21)25/h2-13,15H,14,16H2,1H3,(H,26,27). The van der Waals surface area contributed by atoms with Crippen molar-refractivity contribution in [3.05, 3.63) is 99.1 Å². The van der Waals surface area contributed by atoms with Crippen LogP contribution in [0, 0.1) is 10.5 Å². The van der Waals surface area contributed by atoms with E-state index in [4.69, 9.17) is 9.84 Å². The molecule has 0 aliphatic rings. The van der Waals surface area contributed by atoms with Gasteiger partial charge in [0.2, 0.25) is 0 Å². The van der Waals surface area contributed by atoms with Crippen LogP contribution in [0.4, 0.5) is 0 Å². The minimum absolute atomic E-state index is 0.329. The van der Waals surface area contributed by atoms with Crippen LogP contribution in [0.2, 0.25) is 0 Å². The average molecular weight is 516 g/mol. The monoisotopic (exact) mass is 516 g/mol. The van der Waals surface area contributed by atoms with E-state index < -0.39 is 5.97 Å². The van der Waals surface area contributed by atoms with Crippen molar-refractivity contribution in [1.82, 2.24) is 0 Å². The molecule has 3 rings (SSSR count). The van der Waals surface area contributed by atoms with Gasteiger partial charge in [-0.25, -0.2) is 4.79 Å². The van der Waals surface area contributed by atoms with E-state index in [1.54, 1.807) is 11.8 Å². The summed E-state index contributed by atoms with van der Waals surface area (Å²) in [5, 5.41) is 8.74. The molecule has 3 aromatic carbocycles. The molecule has 148 valence electrons. The molecule has 0 bridgehead atoms. The van der Waals surface area contributed by atoms with Gasteiger partial charge in [0.15, 0.2) is 6.61 Å². The van der Waals surface area contributed by atoms with E-state index in [0.717, 1.165) is 16.2 Å². The Hall–Kier alpha value is -2.25. The molecule has 0 unspecified atom stereocenters. The van der Waals surface area contributed by atoms with Gasteiger partial charge in [0, 0.05) is 14.2 Å². The van der Waals surface area contributed by atoms with Crippen molar-refractivity contribution in [2.75, 3.05) is 12.4 Å². The highest BCUT2D eigenvalue weighted by molar-refractivity contribution is 14.1. The Bertz CT molecular complexity index is 1020. The second kappa shape index (κ2) is 10.5. The van der Waals surface area contributed by atoms with Gasteiger partial charge in [0.1, 0.15) is 5.75 Å². The number of benzene rings is 3. The molecule has 0 fully saturated rings. The minimum Gasteiger partial charge on any atom is -0.482 e. The number of aryl methyl sites for hydroxylation is 1. The number of rotatable bonds is 8. The van der Waals surface area contributed by atoms with Gasteiger partial charge in [-0.2, -0.15) is 0 Å². The first-order valence-electron chi connectivity index (χ1n) is 9.13. The molecule has 0 aromatic heterocycles. The number of hydrogen-bond donors (Lipinski definition) is 1. The Morgan fingerprint density at radius 1 is 1.07 bits per heavy atom. The summed E-state index contributed by atoms with van der Waals surface area (Å²) >= 11 is 4.14. The highest BCUT2D eigenvalue weighted by atomic mass is 127. The molecule has 3 nitrogen and oxygen atoms in total. The summed E-state index contributed by atoms with van der Waals surface area (Å²) in [5.41, 5.74) is 4.73. The van der Waals surface area contributed by atoms with Gasteiger partial charge >= 0.3 is 5.97 Å². The lowest BCUT2D eigenvalue weighted by Crippen LogP contribution is -2.09. The van der Waals surface area contributed by atoms with Crippen molar-refractivity contribution in [2.24, 2.45) is 0 Å². The average Bonchev–Trinajstić information content (AvgIpc) is 2.72. The maximum atomic E-state index is 10.7. The quantitative estimate of drug-likeness (QED) is 0.283. The first kappa shape index (κ1) is 21.5. The fourth-order valence-electron chi connectivity index (χ4n) is 2.91. The lowest BCUT2D eigenvalue weighted by molar-refractivity contribution is -0.139. The van der Waals surface area contributed by atoms with E-state index in [-0.39, 0.29) is 6.61 Å². The zero-order valence-electron chi connectivity index (χ0n) is 16.0. The Kier molecular flexibility index (Phi) is 7.77. The maximum Gasteiger partial charge on any atom is 0.341 e. The number of ether oxygens (including phenoxy) is 1. The van der Waals surface area contributed by atoms with Crippen molar-refractivity contribution in [1.29, 1.82) is 0 Å². The molecule has 29 heavy (non-hydrogen) atoms. The lowest BCUT2D eigenvalue weighted by atomic mass is 9.98. The van der Waals surface area contributed by atoms with Crippen molar-refractivity contribution in [3.63, 3.8) is 0 Å². The third kappa shape index (κ3) is 6.11. The van der Waals surface area contributed by atoms with Crippen LogP contribution in [0.15, 0.2) is 83.8 Å². The zero-order chi connectivity index (χ0) is 20.6. The molecule has 1 N–H and O–H groups in total. The SMILES string of the molecule is Cc1cc(OCC(=O)O)ccc1SCC=C(c1ccccc1)c1ccccc1I. The molecule has 0 heterocycles. The van der Waals surface area contributed by atoms with Crippen molar-refractivity contribution in [2.45, 2.75) is 11.8 Å². The largest absolute Gasteiger partial charge is 0.482 e. The van der Waals surface area contributed by atoms with Crippen molar-refractivity contribution < 1.29 is 14.6 Å². The smallest absolute Gasteiger partial charge is 0.341 e. The van der Waals surface area contributed by atoms with Crippen LogP contribution in [-0.2, 0) is 4.79 Å². The van der Waals surface area contributed by atoms with Crippen LogP contribution in [0.25, 0.3) is 5.57 Å². The summed E-state index contributed by atoms with van der Waals surface area (Å²) in [6.45, 7) is 1.68. The summed E-state index contributed by atoms with van der Waals surface area (Å²) in [5.74, 6) is 0.426. The van der Waals surface area contributed by atoms with Gasteiger partial charge in [-0.3, -0.25) is 0 Å². The third-order valence-electron chi connectivity index (χ3n) is 4.28. The molecule has 3 aromatic rings. The van der Waals surface area contributed by atoms with E-state index in [1.807, 2.05) is 31.2 Å². The van der Waals surface area contributed by atoms with Gasteiger partial charge < -0.3 is 9.84 Å². The van der Waals surface area contributed by atoms with E-state index in [9.17, 15) is 4.79 Å². The first-order chi connectivity index (χ1) is 14.0. The molecule has 0 spiro atoms. The summed E-state index contributed by atoms with van der Waals surface area (Å²) in [6.07, 6.45) is 2.27. The Morgan fingerprint density at radius 2 is 1.79 bits per heavy atom. The van der Waals surface area contributed by atoms with Crippen LogP contribution in [-0.4, -0.2) is 23.4 Å². The molecule has 0 aliphatic heterocycles. The number of aliphatic carboxylic acids is 1. The number of carboxylic acid groups (broad SMARTS) is 1. The molecule has 0 amide bonds. The molecule has 5 heteroatoms. The number of hydrogen-bond acceptors (Lipinski definition) is 3. The van der Waals surface area contributed by atoms with Crippen LogP contribution in [0.5, 0.6) is 5.75 Å². The van der Waals surface area contributed by atoms with E-state index in [0.29, 0.717) is 5.75 Å². The van der Waals surface area contributed by atoms with Gasteiger partial charge in [-0.05, 0) is 76.0 Å². The highest BCUT2D eigenvalue weighted by Crippen LogP contribution is 2.30. The number of thioether (sulfide) groups is 1. The molecule has 0 aliphatic carbocycles. The summed E-state index contributed by atoms with van der Waals surface area (Å²) in [7, 11) is 0. The summed E-state index contributed by atoms with van der Waals surface area (Å²) in [4.78, 5) is 11.8. The van der Waals surface area contributed by atoms with E-state index in [2.05, 4.69) is 77.2 Å². The van der Waals surface area contributed by atoms with Crippen molar-refractivity contribution >= 4 is 45.9 Å². The molecule has 0 atom stereocenters. The highest BCUT2D eigenvalue weighted by Gasteiger charge is 2.09. The fraction of sp³-hybridized carbons (Fsp3) is 0.125. The summed E-state index contributed by atoms with van der Waals surface area (Å²) < 4.78 is 6.48. The second-order valence-corrected chi connectivity index (χ2v) is 8.61. The lowest BCUT2D eigenvalue weighted by Gasteiger charge is -2.12. The minimum atomic E-state index is -0.977. The zero-order valence-corrected chi connectivity index (χ0v) is 18.9. The van der Waals surface area contributed by atoms with Crippen LogP contribution >= 0.6 is 34.4 Å². The molecular weight excluding hydrogens is 495 g/mol. The molecule has 0 saturated carbocycles. The number of halogens is 1. The maximum absolute atomic E-state index is 10.7. The molecule has 0 saturated heterocycles.